The summed E-state index contributed by atoms with van der Waals surface area (Å²) < 4.78 is 23.9. The number of rotatable bonds is 4. The van der Waals surface area contributed by atoms with Crippen molar-refractivity contribution >= 4 is 21.7 Å². The van der Waals surface area contributed by atoms with Crippen molar-refractivity contribution in [1.29, 1.82) is 0 Å². The number of amides is 2. The molecule has 2 aliphatic rings. The third kappa shape index (κ3) is 3.07. The van der Waals surface area contributed by atoms with Gasteiger partial charge in [-0.3, -0.25) is 9.59 Å². The van der Waals surface area contributed by atoms with Crippen molar-refractivity contribution < 1.29 is 18.0 Å². The molecule has 0 saturated carbocycles. The maximum Gasteiger partial charge on any atom is 0.248 e. The van der Waals surface area contributed by atoms with Crippen LogP contribution in [0.2, 0.25) is 0 Å². The number of hydrogen-bond acceptors (Lipinski definition) is 4. The number of carbonyl (C=O) groups excluding carboxylic acids is 2. The van der Waals surface area contributed by atoms with Crippen molar-refractivity contribution in [2.24, 2.45) is 0 Å². The van der Waals surface area contributed by atoms with Crippen LogP contribution in [0.3, 0.4) is 0 Å². The Balaban J connectivity index is 2.22. The first-order valence-electron chi connectivity index (χ1n) is 7.66. The smallest absolute Gasteiger partial charge is 0.248 e. The first-order valence-corrected chi connectivity index (χ1v) is 9.38. The van der Waals surface area contributed by atoms with E-state index < -0.39 is 20.6 Å². The summed E-state index contributed by atoms with van der Waals surface area (Å²) in [6.07, 6.45) is 2.54. The molecular formula is C14H24N2O4S. The van der Waals surface area contributed by atoms with Gasteiger partial charge in [-0.05, 0) is 25.7 Å². The normalized spacial score (nSPS) is 28.3. The highest BCUT2D eigenvalue weighted by molar-refractivity contribution is 7.92. The second kappa shape index (κ2) is 5.94. The van der Waals surface area contributed by atoms with E-state index >= 15 is 0 Å². The van der Waals surface area contributed by atoms with Gasteiger partial charge in [0.15, 0.2) is 9.84 Å². The van der Waals surface area contributed by atoms with Gasteiger partial charge in [0.2, 0.25) is 11.8 Å². The lowest BCUT2D eigenvalue weighted by Gasteiger charge is -2.34. The Morgan fingerprint density at radius 2 is 1.95 bits per heavy atom. The average molecular weight is 316 g/mol. The molecule has 2 heterocycles. The van der Waals surface area contributed by atoms with Crippen molar-refractivity contribution in [3.63, 3.8) is 0 Å². The maximum atomic E-state index is 12.8. The van der Waals surface area contributed by atoms with Gasteiger partial charge in [-0.1, -0.05) is 13.8 Å². The van der Waals surface area contributed by atoms with Crippen LogP contribution in [0.5, 0.6) is 0 Å². The summed E-state index contributed by atoms with van der Waals surface area (Å²) in [5.74, 6) is -0.0619. The standard InChI is InChI=1S/C14H24N2O4S/c1-3-14(4-2)13(18)16(8-7-12(17)15-14)10-11-6-5-9-21(11,19)20/h11H,3-10H2,1-2H3,(H,15,17). The molecule has 0 aromatic carbocycles. The minimum atomic E-state index is -3.09. The Morgan fingerprint density at radius 1 is 1.29 bits per heavy atom. The van der Waals surface area contributed by atoms with Gasteiger partial charge in [0.05, 0.1) is 11.0 Å². The van der Waals surface area contributed by atoms with Crippen LogP contribution in [0.25, 0.3) is 0 Å². The van der Waals surface area contributed by atoms with E-state index in [1.807, 2.05) is 13.8 Å². The van der Waals surface area contributed by atoms with Gasteiger partial charge in [0.1, 0.15) is 5.54 Å². The molecule has 120 valence electrons. The summed E-state index contributed by atoms with van der Waals surface area (Å²) in [6.45, 7) is 4.27. The molecule has 1 N–H and O–H groups in total. The Hall–Kier alpha value is -1.11. The van der Waals surface area contributed by atoms with Crippen LogP contribution in [0.15, 0.2) is 0 Å². The zero-order chi connectivity index (χ0) is 15.7. The summed E-state index contributed by atoms with van der Waals surface area (Å²) in [5.41, 5.74) is -0.879. The highest BCUT2D eigenvalue weighted by Crippen LogP contribution is 2.26. The van der Waals surface area contributed by atoms with Gasteiger partial charge in [-0.25, -0.2) is 8.42 Å². The second-order valence-electron chi connectivity index (χ2n) is 5.97. The minimum absolute atomic E-state index is 0.135. The number of hydrogen-bond donors (Lipinski definition) is 1. The van der Waals surface area contributed by atoms with E-state index in [1.54, 1.807) is 4.90 Å². The fourth-order valence-corrected chi connectivity index (χ4v) is 5.07. The summed E-state index contributed by atoms with van der Waals surface area (Å²) in [6, 6.07) is 0. The van der Waals surface area contributed by atoms with Gasteiger partial charge >= 0.3 is 0 Å². The Kier molecular flexibility index (Phi) is 4.60. The average Bonchev–Trinajstić information content (AvgIpc) is 2.72. The third-order valence-electron chi connectivity index (χ3n) is 4.78. The van der Waals surface area contributed by atoms with E-state index in [0.717, 1.165) is 0 Å². The third-order valence-corrected chi connectivity index (χ3v) is 7.04. The molecule has 1 atom stereocenters. The summed E-state index contributed by atoms with van der Waals surface area (Å²) in [5, 5.41) is 2.37. The van der Waals surface area contributed by atoms with Crippen molar-refractivity contribution in [3.8, 4) is 0 Å². The molecule has 6 nitrogen and oxygen atoms in total. The van der Waals surface area contributed by atoms with Crippen molar-refractivity contribution in [1.82, 2.24) is 10.2 Å². The highest BCUT2D eigenvalue weighted by atomic mass is 32.2. The summed E-state index contributed by atoms with van der Waals surface area (Å²) in [7, 11) is -3.09. The fourth-order valence-electron chi connectivity index (χ4n) is 3.24. The number of sulfone groups is 1. The molecular weight excluding hydrogens is 292 g/mol. The molecule has 21 heavy (non-hydrogen) atoms. The number of nitrogens with zero attached hydrogens (tertiary/aromatic N) is 1. The molecule has 2 aliphatic heterocycles. The van der Waals surface area contributed by atoms with Crippen LogP contribution < -0.4 is 5.32 Å². The van der Waals surface area contributed by atoms with E-state index in [1.165, 1.54) is 0 Å². The molecule has 0 spiro atoms. The summed E-state index contributed by atoms with van der Waals surface area (Å²) >= 11 is 0. The van der Waals surface area contributed by atoms with Crippen LogP contribution in [0.1, 0.15) is 46.0 Å². The SMILES string of the molecule is CCC1(CC)NC(=O)CCN(CC2CCCS2(=O)=O)C1=O. The lowest BCUT2D eigenvalue weighted by Crippen LogP contribution is -2.57. The van der Waals surface area contributed by atoms with Crippen LogP contribution in [0.4, 0.5) is 0 Å². The van der Waals surface area contributed by atoms with Crippen molar-refractivity contribution in [2.45, 2.75) is 56.7 Å². The number of carbonyl (C=O) groups is 2. The largest absolute Gasteiger partial charge is 0.342 e. The lowest BCUT2D eigenvalue weighted by atomic mass is 9.91. The predicted molar refractivity (Wildman–Crippen MR) is 79.5 cm³/mol. The maximum absolute atomic E-state index is 12.8. The highest BCUT2D eigenvalue weighted by Gasteiger charge is 2.43. The Morgan fingerprint density at radius 3 is 2.48 bits per heavy atom. The van der Waals surface area contributed by atoms with Crippen LogP contribution >= 0.6 is 0 Å². The molecule has 0 aliphatic carbocycles. The van der Waals surface area contributed by atoms with Crippen molar-refractivity contribution in [2.75, 3.05) is 18.8 Å². The lowest BCUT2D eigenvalue weighted by molar-refractivity contribution is -0.139. The molecule has 0 aromatic heterocycles. The van der Waals surface area contributed by atoms with E-state index in [0.29, 0.717) is 32.2 Å². The van der Waals surface area contributed by atoms with Crippen molar-refractivity contribution in [3.05, 3.63) is 0 Å². The van der Waals surface area contributed by atoms with Crippen LogP contribution in [-0.2, 0) is 19.4 Å². The topological polar surface area (TPSA) is 83.6 Å². The first kappa shape index (κ1) is 16.3. The zero-order valence-electron chi connectivity index (χ0n) is 12.7. The summed E-state index contributed by atoms with van der Waals surface area (Å²) in [4.78, 5) is 26.2. The second-order valence-corrected chi connectivity index (χ2v) is 8.37. The quantitative estimate of drug-likeness (QED) is 0.817. The molecule has 2 saturated heterocycles. The first-order chi connectivity index (χ1) is 9.84. The van der Waals surface area contributed by atoms with Gasteiger partial charge in [-0.15, -0.1) is 0 Å². The Labute approximate surface area is 126 Å². The fraction of sp³-hybridized carbons (Fsp3) is 0.857. The monoisotopic (exact) mass is 316 g/mol. The van der Waals surface area contributed by atoms with Crippen LogP contribution in [-0.4, -0.2) is 54.8 Å². The number of nitrogens with one attached hydrogen (secondary N) is 1. The molecule has 0 aromatic rings. The molecule has 2 amide bonds. The van der Waals surface area contributed by atoms with Gasteiger partial charge in [0, 0.05) is 19.5 Å². The predicted octanol–water partition coefficient (Wildman–Crippen LogP) is 0.471. The zero-order valence-corrected chi connectivity index (χ0v) is 13.5. The van der Waals surface area contributed by atoms with Gasteiger partial charge in [-0.2, -0.15) is 0 Å². The molecule has 1 unspecified atom stereocenters. The Bertz CT molecular complexity index is 525. The molecule has 0 bridgehead atoms. The van der Waals surface area contributed by atoms with E-state index in [9.17, 15) is 18.0 Å². The van der Waals surface area contributed by atoms with E-state index in [-0.39, 0.29) is 30.5 Å². The molecule has 0 radical (unpaired) electrons. The van der Waals surface area contributed by atoms with Gasteiger partial charge in [0.25, 0.3) is 0 Å². The van der Waals surface area contributed by atoms with Crippen LogP contribution in [0, 0.1) is 0 Å². The van der Waals surface area contributed by atoms with E-state index in [4.69, 9.17) is 0 Å². The molecule has 2 fully saturated rings. The molecule has 2 rings (SSSR count). The minimum Gasteiger partial charge on any atom is -0.342 e. The molecule has 7 heteroatoms. The van der Waals surface area contributed by atoms with Gasteiger partial charge < -0.3 is 10.2 Å². The van der Waals surface area contributed by atoms with E-state index in [2.05, 4.69) is 5.32 Å².